The van der Waals surface area contributed by atoms with Crippen molar-refractivity contribution < 1.29 is 33.2 Å². The molecule has 0 N–H and O–H groups in total. The molecule has 0 saturated carbocycles. The number of rotatable bonds is 7. The Hall–Kier alpha value is -4.46. The lowest BCUT2D eigenvalue weighted by Gasteiger charge is -2.32. The maximum atomic E-state index is 13.4. The van der Waals surface area contributed by atoms with Crippen molar-refractivity contribution in [2.45, 2.75) is 5.92 Å². The summed E-state index contributed by atoms with van der Waals surface area (Å²) in [6.45, 7) is 0.138. The van der Waals surface area contributed by atoms with Gasteiger partial charge in [0.25, 0.3) is 0 Å². The number of carbonyl (C=O) groups is 1. The summed E-state index contributed by atoms with van der Waals surface area (Å²) in [6.07, 6.45) is 3.66. The smallest absolute Gasteiger partial charge is 0.314 e. The van der Waals surface area contributed by atoms with Gasteiger partial charge in [0.1, 0.15) is 0 Å². The highest BCUT2D eigenvalue weighted by atomic mass is 16.7. The van der Waals surface area contributed by atoms with Crippen molar-refractivity contribution >= 4 is 23.9 Å². The van der Waals surface area contributed by atoms with E-state index in [1.54, 1.807) is 27.5 Å². The maximum Gasteiger partial charge on any atom is 0.314 e. The third-order valence-corrected chi connectivity index (χ3v) is 6.55. The van der Waals surface area contributed by atoms with Gasteiger partial charge in [-0.15, -0.1) is 0 Å². The predicted molar refractivity (Wildman–Crippen MR) is 139 cm³/mol. The van der Waals surface area contributed by atoms with Gasteiger partial charge < -0.3 is 28.4 Å². The summed E-state index contributed by atoms with van der Waals surface area (Å²) in [5.41, 5.74) is 4.01. The van der Waals surface area contributed by atoms with Crippen LogP contribution in [0.3, 0.4) is 0 Å². The number of benzene rings is 3. The Labute approximate surface area is 215 Å². The summed E-state index contributed by atoms with van der Waals surface area (Å²) in [5, 5.41) is 0. The molecule has 1 unspecified atom stereocenters. The summed E-state index contributed by atoms with van der Waals surface area (Å²) in [5.74, 6) is 1.14. The Morgan fingerprint density at radius 3 is 2.22 bits per heavy atom. The fourth-order valence-corrected chi connectivity index (χ4v) is 4.84. The molecule has 3 aromatic rings. The highest BCUT2D eigenvalue weighted by Gasteiger charge is 2.40. The van der Waals surface area contributed by atoms with Gasteiger partial charge in [0, 0.05) is 12.1 Å². The minimum Gasteiger partial charge on any atom is -0.493 e. The molecule has 37 heavy (non-hydrogen) atoms. The molecule has 2 atom stereocenters. The average Bonchev–Trinajstić information content (AvgIpc) is 3.40. The summed E-state index contributed by atoms with van der Waals surface area (Å²) in [4.78, 5) is 18.0. The molecule has 5 rings (SSSR count). The molecule has 1 aliphatic heterocycles. The van der Waals surface area contributed by atoms with Gasteiger partial charge in [-0.1, -0.05) is 18.2 Å². The first kappa shape index (κ1) is 24.2. The van der Waals surface area contributed by atoms with Crippen molar-refractivity contribution in [1.29, 1.82) is 0 Å². The Balaban J connectivity index is 1.73. The van der Waals surface area contributed by atoms with Crippen LogP contribution >= 0.6 is 0 Å². The van der Waals surface area contributed by atoms with Crippen LogP contribution in [0.5, 0.6) is 28.7 Å². The lowest BCUT2D eigenvalue weighted by atomic mass is 9.71. The van der Waals surface area contributed by atoms with E-state index in [4.69, 9.17) is 28.4 Å². The van der Waals surface area contributed by atoms with E-state index >= 15 is 0 Å². The van der Waals surface area contributed by atoms with E-state index in [9.17, 15) is 4.79 Å². The second kappa shape index (κ2) is 10.3. The number of methoxy groups -OCH3 is 4. The Kier molecular flexibility index (Phi) is 6.72. The molecule has 0 amide bonds. The number of para-hydroxylation sites is 1. The molecule has 8 heteroatoms. The van der Waals surface area contributed by atoms with Crippen LogP contribution in [0.1, 0.15) is 22.6 Å². The van der Waals surface area contributed by atoms with Crippen LogP contribution in [0, 0.1) is 5.92 Å². The molecular formula is C29H27NO7. The molecule has 0 radical (unpaired) electrons. The van der Waals surface area contributed by atoms with Crippen LogP contribution in [-0.4, -0.2) is 47.4 Å². The van der Waals surface area contributed by atoms with Crippen molar-refractivity contribution in [3.05, 3.63) is 76.9 Å². The summed E-state index contributed by atoms with van der Waals surface area (Å²) < 4.78 is 33.4. The topological polar surface area (TPSA) is 84.8 Å². The van der Waals surface area contributed by atoms with Gasteiger partial charge in [-0.25, -0.2) is 0 Å². The Morgan fingerprint density at radius 1 is 0.919 bits per heavy atom. The van der Waals surface area contributed by atoms with E-state index in [-0.39, 0.29) is 6.79 Å². The van der Waals surface area contributed by atoms with Gasteiger partial charge in [-0.3, -0.25) is 9.79 Å². The van der Waals surface area contributed by atoms with Gasteiger partial charge in [0.2, 0.25) is 12.5 Å². The lowest BCUT2D eigenvalue weighted by molar-refractivity contribution is -0.144. The van der Waals surface area contributed by atoms with Crippen LogP contribution in [0.2, 0.25) is 0 Å². The highest BCUT2D eigenvalue weighted by molar-refractivity contribution is 5.98. The van der Waals surface area contributed by atoms with Gasteiger partial charge >= 0.3 is 5.97 Å². The average molecular weight is 502 g/mol. The minimum atomic E-state index is -0.701. The number of hydrogen-bond acceptors (Lipinski definition) is 8. The second-order valence-electron chi connectivity index (χ2n) is 8.51. The van der Waals surface area contributed by atoms with Crippen molar-refractivity contribution in [2.75, 3.05) is 35.2 Å². The number of hydrogen-bond donors (Lipinski definition) is 0. The first-order chi connectivity index (χ1) is 18.1. The zero-order valence-corrected chi connectivity index (χ0v) is 21.0. The van der Waals surface area contributed by atoms with E-state index < -0.39 is 17.8 Å². The number of nitrogens with zero attached hydrogens (tertiary/aromatic N) is 1. The number of aliphatic imine (C=N–C) groups is 1. The molecule has 0 aromatic heterocycles. The molecule has 2 aliphatic rings. The molecule has 0 spiro atoms. The summed E-state index contributed by atoms with van der Waals surface area (Å²) in [7, 11) is 6.05. The lowest BCUT2D eigenvalue weighted by Crippen LogP contribution is -2.30. The van der Waals surface area contributed by atoms with E-state index in [0.717, 1.165) is 22.4 Å². The highest BCUT2D eigenvalue weighted by Crippen LogP contribution is 2.50. The normalized spacial score (nSPS) is 17.7. The third-order valence-electron chi connectivity index (χ3n) is 6.55. The molecule has 0 saturated heterocycles. The number of ether oxygens (including phenoxy) is 6. The number of fused-ring (bicyclic) bond motifs is 2. The molecule has 190 valence electrons. The largest absolute Gasteiger partial charge is 0.493 e. The summed E-state index contributed by atoms with van der Waals surface area (Å²) in [6, 6.07) is 17.1. The van der Waals surface area contributed by atoms with E-state index in [1.807, 2.05) is 60.7 Å². The standard InChI is InChI=1S/C29H27NO7/c1-32-24-12-18(13-25(33-2)28(24)34-3)26-21-14-23-22(36-16-37-23)11-17(21)10-19(27(26)29(31)35-4)15-30-20-8-6-5-7-9-20/h5-15,26-27H,16H2,1-4H3/t26?,27-/m1/s1. The van der Waals surface area contributed by atoms with E-state index in [0.29, 0.717) is 34.3 Å². The third kappa shape index (κ3) is 4.46. The molecular weight excluding hydrogens is 474 g/mol. The molecule has 1 aliphatic carbocycles. The van der Waals surface area contributed by atoms with E-state index in [1.165, 1.54) is 7.11 Å². The molecule has 0 bridgehead atoms. The molecule has 1 heterocycles. The van der Waals surface area contributed by atoms with Crippen LogP contribution in [0.4, 0.5) is 5.69 Å². The molecule has 3 aromatic carbocycles. The van der Waals surface area contributed by atoms with Crippen LogP contribution in [0.15, 0.2) is 65.2 Å². The van der Waals surface area contributed by atoms with E-state index in [2.05, 4.69) is 4.99 Å². The summed E-state index contributed by atoms with van der Waals surface area (Å²) >= 11 is 0. The quantitative estimate of drug-likeness (QED) is 0.327. The first-order valence-electron chi connectivity index (χ1n) is 11.7. The van der Waals surface area contributed by atoms with Crippen molar-refractivity contribution in [1.82, 2.24) is 0 Å². The number of carbonyl (C=O) groups excluding carboxylic acids is 1. The van der Waals surface area contributed by atoms with Crippen molar-refractivity contribution in [3.8, 4) is 28.7 Å². The minimum absolute atomic E-state index is 0.138. The Bertz CT molecular complexity index is 1360. The Morgan fingerprint density at radius 2 is 1.59 bits per heavy atom. The van der Waals surface area contributed by atoms with Crippen molar-refractivity contribution in [2.24, 2.45) is 10.9 Å². The number of esters is 1. The molecule has 8 nitrogen and oxygen atoms in total. The zero-order valence-electron chi connectivity index (χ0n) is 21.0. The van der Waals surface area contributed by atoms with Crippen LogP contribution < -0.4 is 23.7 Å². The van der Waals surface area contributed by atoms with Gasteiger partial charge in [0.15, 0.2) is 23.0 Å². The SMILES string of the molecule is COC(=O)[C@@H]1C(C=Nc2ccccc2)=Cc2cc3c(cc2C1c1cc(OC)c(OC)c(OC)c1)OCO3. The first-order valence-corrected chi connectivity index (χ1v) is 11.7. The van der Waals surface area contributed by atoms with Gasteiger partial charge in [0.05, 0.1) is 40.0 Å². The predicted octanol–water partition coefficient (Wildman–Crippen LogP) is 5.16. The second-order valence-corrected chi connectivity index (χ2v) is 8.51. The van der Waals surface area contributed by atoms with Gasteiger partial charge in [-0.2, -0.15) is 0 Å². The van der Waals surface area contributed by atoms with Crippen LogP contribution in [0.25, 0.3) is 6.08 Å². The molecule has 0 fully saturated rings. The van der Waals surface area contributed by atoms with Gasteiger partial charge in [-0.05, 0) is 64.7 Å². The fourth-order valence-electron chi connectivity index (χ4n) is 4.84. The monoisotopic (exact) mass is 501 g/mol. The van der Waals surface area contributed by atoms with Crippen molar-refractivity contribution in [3.63, 3.8) is 0 Å². The fraction of sp³-hybridized carbons (Fsp3) is 0.241. The van der Waals surface area contributed by atoms with Crippen LogP contribution in [-0.2, 0) is 9.53 Å². The maximum absolute atomic E-state index is 13.4. The zero-order chi connectivity index (χ0) is 25.9.